The molecule has 26 heavy (non-hydrogen) atoms. The van der Waals surface area contributed by atoms with E-state index in [1.54, 1.807) is 0 Å². The zero-order valence-electron chi connectivity index (χ0n) is 15.8. The fourth-order valence-corrected chi connectivity index (χ4v) is 3.35. The van der Waals surface area contributed by atoms with Gasteiger partial charge in [-0.05, 0) is 51.0 Å². The first-order valence-electron chi connectivity index (χ1n) is 9.50. The molecule has 1 atom stereocenters. The molecular formula is C20H30N2O4. The van der Waals surface area contributed by atoms with Crippen molar-refractivity contribution < 1.29 is 19.0 Å². The molecule has 2 fully saturated rings. The number of rotatable bonds is 7. The summed E-state index contributed by atoms with van der Waals surface area (Å²) in [5.74, 6) is 0.711. The molecule has 2 heterocycles. The van der Waals surface area contributed by atoms with E-state index in [1.165, 1.54) is 0 Å². The number of hydrogen-bond donors (Lipinski definition) is 1. The van der Waals surface area contributed by atoms with E-state index in [-0.39, 0.29) is 17.6 Å². The van der Waals surface area contributed by atoms with Crippen molar-refractivity contribution in [3.05, 3.63) is 29.8 Å². The normalized spacial score (nSPS) is 21.5. The third-order valence-electron chi connectivity index (χ3n) is 5.13. The fourth-order valence-electron chi connectivity index (χ4n) is 3.35. The maximum absolute atomic E-state index is 12.4. The number of amides is 1. The van der Waals surface area contributed by atoms with E-state index < -0.39 is 0 Å². The van der Waals surface area contributed by atoms with Crippen LogP contribution in [-0.4, -0.2) is 68.5 Å². The summed E-state index contributed by atoms with van der Waals surface area (Å²) in [7, 11) is 0. The Morgan fingerprint density at radius 3 is 2.62 bits per heavy atom. The number of benzene rings is 1. The highest BCUT2D eigenvalue weighted by molar-refractivity contribution is 5.94. The lowest BCUT2D eigenvalue weighted by molar-refractivity contribution is -0.00923. The van der Waals surface area contributed by atoms with Crippen LogP contribution in [0.1, 0.15) is 37.0 Å². The minimum atomic E-state index is -0.0935. The largest absolute Gasteiger partial charge is 0.491 e. The minimum absolute atomic E-state index is 0.0583. The van der Waals surface area contributed by atoms with Crippen molar-refractivity contribution in [2.45, 2.75) is 38.3 Å². The molecule has 2 saturated heterocycles. The molecule has 0 aromatic heterocycles. The molecule has 0 radical (unpaired) electrons. The molecule has 6 nitrogen and oxygen atoms in total. The lowest BCUT2D eigenvalue weighted by Crippen LogP contribution is -2.55. The summed E-state index contributed by atoms with van der Waals surface area (Å²) in [5, 5.41) is 3.05. The van der Waals surface area contributed by atoms with Crippen LogP contribution in [0.5, 0.6) is 5.75 Å². The Morgan fingerprint density at radius 2 is 1.96 bits per heavy atom. The SMILES string of the molecule is CC(C)(CNC(=O)c1ccc(OCC2CCCO2)cc1)N1CCOCC1. The molecule has 1 amide bonds. The van der Waals surface area contributed by atoms with E-state index in [4.69, 9.17) is 14.2 Å². The van der Waals surface area contributed by atoms with Gasteiger partial charge in [0.15, 0.2) is 0 Å². The highest BCUT2D eigenvalue weighted by Gasteiger charge is 2.28. The molecule has 1 unspecified atom stereocenters. The van der Waals surface area contributed by atoms with Crippen molar-refractivity contribution >= 4 is 5.91 Å². The van der Waals surface area contributed by atoms with Crippen LogP contribution in [0.25, 0.3) is 0 Å². The van der Waals surface area contributed by atoms with Gasteiger partial charge >= 0.3 is 0 Å². The Kier molecular flexibility index (Phi) is 6.51. The van der Waals surface area contributed by atoms with Gasteiger partial charge in [-0.3, -0.25) is 9.69 Å². The molecule has 2 aliphatic rings. The Hall–Kier alpha value is -1.63. The van der Waals surface area contributed by atoms with E-state index in [0.29, 0.717) is 18.7 Å². The van der Waals surface area contributed by atoms with Gasteiger partial charge in [0.1, 0.15) is 12.4 Å². The van der Waals surface area contributed by atoms with Gasteiger partial charge < -0.3 is 19.5 Å². The fraction of sp³-hybridized carbons (Fsp3) is 0.650. The summed E-state index contributed by atoms with van der Waals surface area (Å²) in [5.41, 5.74) is 0.552. The lowest BCUT2D eigenvalue weighted by atomic mass is 10.0. The Balaban J connectivity index is 1.46. The maximum atomic E-state index is 12.4. The summed E-state index contributed by atoms with van der Waals surface area (Å²) >= 11 is 0. The molecule has 144 valence electrons. The number of nitrogens with zero attached hydrogens (tertiary/aromatic N) is 1. The van der Waals surface area contributed by atoms with E-state index in [1.807, 2.05) is 24.3 Å². The van der Waals surface area contributed by atoms with Crippen molar-refractivity contribution in [2.75, 3.05) is 46.1 Å². The minimum Gasteiger partial charge on any atom is -0.491 e. The third-order valence-corrected chi connectivity index (χ3v) is 5.13. The molecule has 0 bridgehead atoms. The predicted molar refractivity (Wildman–Crippen MR) is 99.7 cm³/mol. The van der Waals surface area contributed by atoms with Crippen LogP contribution in [0.4, 0.5) is 0 Å². The molecule has 1 N–H and O–H groups in total. The maximum Gasteiger partial charge on any atom is 0.251 e. The van der Waals surface area contributed by atoms with E-state index in [0.717, 1.165) is 51.5 Å². The van der Waals surface area contributed by atoms with E-state index >= 15 is 0 Å². The van der Waals surface area contributed by atoms with Crippen molar-refractivity contribution in [1.29, 1.82) is 0 Å². The number of carbonyl (C=O) groups is 1. The molecule has 0 saturated carbocycles. The van der Waals surface area contributed by atoms with Gasteiger partial charge in [0.25, 0.3) is 5.91 Å². The van der Waals surface area contributed by atoms with Crippen molar-refractivity contribution in [3.63, 3.8) is 0 Å². The first-order chi connectivity index (χ1) is 12.5. The number of nitrogens with one attached hydrogen (secondary N) is 1. The number of hydrogen-bond acceptors (Lipinski definition) is 5. The predicted octanol–water partition coefficient (Wildman–Crippen LogP) is 2.08. The zero-order valence-corrected chi connectivity index (χ0v) is 15.8. The van der Waals surface area contributed by atoms with Gasteiger partial charge in [0.05, 0.1) is 19.3 Å². The topological polar surface area (TPSA) is 60.0 Å². The van der Waals surface area contributed by atoms with Crippen molar-refractivity contribution in [2.24, 2.45) is 0 Å². The summed E-state index contributed by atoms with van der Waals surface area (Å²) in [4.78, 5) is 14.8. The summed E-state index contributed by atoms with van der Waals surface area (Å²) < 4.78 is 16.7. The second-order valence-corrected chi connectivity index (χ2v) is 7.56. The van der Waals surface area contributed by atoms with Crippen LogP contribution in [-0.2, 0) is 9.47 Å². The Bertz CT molecular complexity index is 576. The van der Waals surface area contributed by atoms with Gasteiger partial charge in [-0.15, -0.1) is 0 Å². The Labute approximate surface area is 155 Å². The molecule has 2 aliphatic heterocycles. The Morgan fingerprint density at radius 1 is 1.23 bits per heavy atom. The smallest absolute Gasteiger partial charge is 0.251 e. The zero-order chi connectivity index (χ0) is 18.4. The first kappa shape index (κ1) is 19.1. The quantitative estimate of drug-likeness (QED) is 0.805. The number of morpholine rings is 1. The van der Waals surface area contributed by atoms with E-state index in [2.05, 4.69) is 24.1 Å². The van der Waals surface area contributed by atoms with Crippen LogP contribution in [0.15, 0.2) is 24.3 Å². The van der Waals surface area contributed by atoms with Gasteiger partial charge in [-0.25, -0.2) is 0 Å². The van der Waals surface area contributed by atoms with Gasteiger partial charge in [0.2, 0.25) is 0 Å². The van der Waals surface area contributed by atoms with E-state index in [9.17, 15) is 4.79 Å². The van der Waals surface area contributed by atoms with Gasteiger partial charge in [-0.2, -0.15) is 0 Å². The second-order valence-electron chi connectivity index (χ2n) is 7.56. The molecule has 1 aromatic carbocycles. The monoisotopic (exact) mass is 362 g/mol. The summed E-state index contributed by atoms with van der Waals surface area (Å²) in [6.07, 6.45) is 2.35. The molecule has 0 aliphatic carbocycles. The average Bonchev–Trinajstić information content (AvgIpc) is 3.19. The standard InChI is InChI=1S/C20H30N2O4/c1-20(2,22-9-12-24-13-10-22)15-21-19(23)16-5-7-17(8-6-16)26-14-18-4-3-11-25-18/h5-8,18H,3-4,9-15H2,1-2H3,(H,21,23). The molecule has 0 spiro atoms. The van der Waals surface area contributed by atoms with Gasteiger partial charge in [0, 0.05) is 37.3 Å². The summed E-state index contributed by atoms with van der Waals surface area (Å²) in [6.45, 7) is 9.62. The molecular weight excluding hydrogens is 332 g/mol. The highest BCUT2D eigenvalue weighted by atomic mass is 16.5. The average molecular weight is 362 g/mol. The lowest BCUT2D eigenvalue weighted by Gasteiger charge is -2.40. The van der Waals surface area contributed by atoms with Gasteiger partial charge in [-0.1, -0.05) is 0 Å². The first-order valence-corrected chi connectivity index (χ1v) is 9.50. The van der Waals surface area contributed by atoms with Crippen LogP contribution in [0.2, 0.25) is 0 Å². The summed E-state index contributed by atoms with van der Waals surface area (Å²) in [6, 6.07) is 7.30. The molecule has 1 aromatic rings. The molecule has 3 rings (SSSR count). The third kappa shape index (κ3) is 5.19. The number of carbonyl (C=O) groups excluding carboxylic acids is 1. The second kappa shape index (κ2) is 8.84. The van der Waals surface area contributed by atoms with Crippen molar-refractivity contribution in [1.82, 2.24) is 10.2 Å². The van der Waals surface area contributed by atoms with Crippen LogP contribution in [0.3, 0.4) is 0 Å². The number of ether oxygens (including phenoxy) is 3. The van der Waals surface area contributed by atoms with Crippen LogP contribution >= 0.6 is 0 Å². The van der Waals surface area contributed by atoms with Crippen LogP contribution in [0, 0.1) is 0 Å². The van der Waals surface area contributed by atoms with Crippen LogP contribution < -0.4 is 10.1 Å². The highest BCUT2D eigenvalue weighted by Crippen LogP contribution is 2.18. The molecule has 6 heteroatoms. The van der Waals surface area contributed by atoms with Crippen molar-refractivity contribution in [3.8, 4) is 5.75 Å².